The molecule has 0 aliphatic carbocycles. The first kappa shape index (κ1) is 17.0. The van der Waals surface area contributed by atoms with Crippen molar-refractivity contribution in [1.29, 1.82) is 0 Å². The summed E-state index contributed by atoms with van der Waals surface area (Å²) in [5, 5.41) is 2.65. The summed E-state index contributed by atoms with van der Waals surface area (Å²) in [7, 11) is 0. The van der Waals surface area contributed by atoms with Crippen LogP contribution in [0.25, 0.3) is 0 Å². The Labute approximate surface area is 126 Å². The summed E-state index contributed by atoms with van der Waals surface area (Å²) < 4.78 is 0. The Bertz CT molecular complexity index is 481. The van der Waals surface area contributed by atoms with Gasteiger partial charge in [0.25, 0.3) is 0 Å². The minimum atomic E-state index is -0.466. The number of unbranched alkanes of at least 4 members (excludes halogenated alkanes) is 3. The van der Waals surface area contributed by atoms with E-state index >= 15 is 0 Å². The molecule has 1 rings (SSSR count). The molecule has 0 saturated heterocycles. The largest absolute Gasteiger partial charge is 0.366 e. The van der Waals surface area contributed by atoms with Gasteiger partial charge in [-0.1, -0.05) is 56.5 Å². The molecule has 114 valence electrons. The van der Waals surface area contributed by atoms with Gasteiger partial charge in [0.15, 0.2) is 0 Å². The molecule has 0 aliphatic rings. The smallest absolute Gasteiger partial charge is 0.246 e. The first-order valence-corrected chi connectivity index (χ1v) is 7.45. The van der Waals surface area contributed by atoms with Gasteiger partial charge in [0, 0.05) is 11.8 Å². The molecule has 0 fully saturated rings. The molecule has 21 heavy (non-hydrogen) atoms. The number of carbonyl (C=O) groups excluding carboxylic acids is 2. The normalized spacial score (nSPS) is 11.2. The van der Waals surface area contributed by atoms with Crippen molar-refractivity contribution in [3.63, 3.8) is 0 Å². The number of amides is 2. The van der Waals surface area contributed by atoms with Crippen molar-refractivity contribution < 1.29 is 9.59 Å². The minimum Gasteiger partial charge on any atom is -0.366 e. The van der Waals surface area contributed by atoms with Crippen molar-refractivity contribution in [3.05, 3.63) is 47.7 Å². The summed E-state index contributed by atoms with van der Waals surface area (Å²) >= 11 is 0. The maximum atomic E-state index is 11.8. The number of hydrogen-bond acceptors (Lipinski definition) is 2. The van der Waals surface area contributed by atoms with Gasteiger partial charge in [-0.2, -0.15) is 0 Å². The first-order chi connectivity index (χ1) is 10.1. The Kier molecular flexibility index (Phi) is 7.87. The molecule has 4 heteroatoms. The maximum absolute atomic E-state index is 11.8. The van der Waals surface area contributed by atoms with E-state index in [-0.39, 0.29) is 5.91 Å². The van der Waals surface area contributed by atoms with Crippen molar-refractivity contribution in [1.82, 2.24) is 5.32 Å². The van der Waals surface area contributed by atoms with Gasteiger partial charge in [0.2, 0.25) is 11.8 Å². The number of nitrogens with two attached hydrogens (primary N) is 1. The topological polar surface area (TPSA) is 72.2 Å². The summed E-state index contributed by atoms with van der Waals surface area (Å²) in [5.41, 5.74) is 6.75. The summed E-state index contributed by atoms with van der Waals surface area (Å²) in [6.07, 6.45) is 6.63. The Balaban J connectivity index is 2.45. The summed E-state index contributed by atoms with van der Waals surface area (Å²) in [6, 6.07) is 9.47. The molecular weight excluding hydrogens is 264 g/mol. The number of benzene rings is 1. The minimum absolute atomic E-state index is 0.145. The second kappa shape index (κ2) is 9.75. The highest BCUT2D eigenvalue weighted by atomic mass is 16.2. The van der Waals surface area contributed by atoms with Crippen LogP contribution in [-0.2, 0) is 16.0 Å². The van der Waals surface area contributed by atoms with Crippen LogP contribution in [0.1, 0.15) is 44.6 Å². The predicted octanol–water partition coefficient (Wildman–Crippen LogP) is 2.68. The van der Waals surface area contributed by atoms with Gasteiger partial charge in [-0.05, 0) is 18.4 Å². The predicted molar refractivity (Wildman–Crippen MR) is 84.3 cm³/mol. The van der Waals surface area contributed by atoms with Crippen molar-refractivity contribution in [2.24, 2.45) is 5.73 Å². The van der Waals surface area contributed by atoms with E-state index in [0.29, 0.717) is 18.4 Å². The van der Waals surface area contributed by atoms with Crippen LogP contribution in [0.4, 0.5) is 0 Å². The van der Waals surface area contributed by atoms with Crippen molar-refractivity contribution >= 4 is 11.8 Å². The molecule has 0 heterocycles. The summed E-state index contributed by atoms with van der Waals surface area (Å²) in [6.45, 7) is 2.13. The highest BCUT2D eigenvalue weighted by molar-refractivity contribution is 5.92. The molecule has 3 N–H and O–H groups in total. The van der Waals surface area contributed by atoms with Crippen molar-refractivity contribution in [3.8, 4) is 0 Å². The van der Waals surface area contributed by atoms with Crippen LogP contribution in [0.5, 0.6) is 0 Å². The second-order valence-corrected chi connectivity index (χ2v) is 5.07. The first-order valence-electron chi connectivity index (χ1n) is 7.45. The third-order valence-corrected chi connectivity index (χ3v) is 3.23. The lowest BCUT2D eigenvalue weighted by Crippen LogP contribution is -2.23. The Morgan fingerprint density at radius 2 is 1.86 bits per heavy atom. The molecule has 1 aromatic rings. The molecule has 4 nitrogen and oxygen atoms in total. The van der Waals surface area contributed by atoms with Crippen molar-refractivity contribution in [2.45, 2.75) is 45.4 Å². The van der Waals surface area contributed by atoms with E-state index in [1.165, 1.54) is 6.20 Å². The number of nitrogens with one attached hydrogen (secondary N) is 1. The van der Waals surface area contributed by atoms with E-state index < -0.39 is 5.91 Å². The van der Waals surface area contributed by atoms with Crippen LogP contribution in [-0.4, -0.2) is 11.8 Å². The Hall–Kier alpha value is -2.10. The molecule has 0 radical (unpaired) electrons. The van der Waals surface area contributed by atoms with E-state index in [2.05, 4.69) is 12.2 Å². The highest BCUT2D eigenvalue weighted by Gasteiger charge is 2.06. The van der Waals surface area contributed by atoms with Crippen LogP contribution in [0.2, 0.25) is 0 Å². The third-order valence-electron chi connectivity index (χ3n) is 3.23. The molecule has 0 aromatic heterocycles. The van der Waals surface area contributed by atoms with E-state index in [0.717, 1.165) is 31.2 Å². The number of hydrogen-bond donors (Lipinski definition) is 2. The standard InChI is InChI=1S/C17H24N2O2/c1-2-3-4-8-11-15(17(18)21)13-19-16(20)12-14-9-6-5-7-10-14/h5-7,9-10,13H,2-4,8,11-12H2,1H3,(H2,18,21)(H,19,20). The molecule has 0 saturated carbocycles. The summed E-state index contributed by atoms with van der Waals surface area (Å²) in [4.78, 5) is 23.1. The van der Waals surface area contributed by atoms with Gasteiger partial charge in [-0.15, -0.1) is 0 Å². The Morgan fingerprint density at radius 3 is 2.48 bits per heavy atom. The molecule has 2 amide bonds. The van der Waals surface area contributed by atoms with E-state index in [4.69, 9.17) is 5.73 Å². The highest BCUT2D eigenvalue weighted by Crippen LogP contribution is 2.09. The van der Waals surface area contributed by atoms with Crippen LogP contribution in [0.15, 0.2) is 42.1 Å². The molecule has 0 spiro atoms. The molecule has 1 aromatic carbocycles. The molecule has 0 atom stereocenters. The lowest BCUT2D eigenvalue weighted by molar-refractivity contribution is -0.119. The molecule has 0 unspecified atom stereocenters. The van der Waals surface area contributed by atoms with Gasteiger partial charge in [0.1, 0.15) is 0 Å². The lowest BCUT2D eigenvalue weighted by Gasteiger charge is -2.05. The SMILES string of the molecule is CCCCCCC(=CNC(=O)Cc1ccccc1)C(N)=O. The van der Waals surface area contributed by atoms with Gasteiger partial charge in [-0.25, -0.2) is 0 Å². The van der Waals surface area contributed by atoms with E-state index in [1.807, 2.05) is 30.3 Å². The van der Waals surface area contributed by atoms with Gasteiger partial charge < -0.3 is 11.1 Å². The molecule has 0 bridgehead atoms. The fraction of sp³-hybridized carbons (Fsp3) is 0.412. The average Bonchev–Trinajstić information content (AvgIpc) is 2.47. The van der Waals surface area contributed by atoms with Crippen molar-refractivity contribution in [2.75, 3.05) is 0 Å². The number of rotatable bonds is 9. The lowest BCUT2D eigenvalue weighted by atomic mass is 10.1. The number of primary amides is 1. The van der Waals surface area contributed by atoms with Crippen LogP contribution < -0.4 is 11.1 Å². The van der Waals surface area contributed by atoms with E-state index in [9.17, 15) is 9.59 Å². The van der Waals surface area contributed by atoms with Crippen LogP contribution >= 0.6 is 0 Å². The molecular formula is C17H24N2O2. The zero-order valence-corrected chi connectivity index (χ0v) is 12.6. The van der Waals surface area contributed by atoms with Gasteiger partial charge >= 0.3 is 0 Å². The van der Waals surface area contributed by atoms with Gasteiger partial charge in [-0.3, -0.25) is 9.59 Å². The fourth-order valence-corrected chi connectivity index (χ4v) is 2.01. The zero-order valence-electron chi connectivity index (χ0n) is 12.6. The molecule has 0 aliphatic heterocycles. The quantitative estimate of drug-likeness (QED) is 0.541. The van der Waals surface area contributed by atoms with Crippen LogP contribution in [0, 0.1) is 0 Å². The zero-order chi connectivity index (χ0) is 15.5. The van der Waals surface area contributed by atoms with Gasteiger partial charge in [0.05, 0.1) is 6.42 Å². The van der Waals surface area contributed by atoms with Crippen LogP contribution in [0.3, 0.4) is 0 Å². The third kappa shape index (κ3) is 7.30. The van der Waals surface area contributed by atoms with E-state index in [1.54, 1.807) is 0 Å². The summed E-state index contributed by atoms with van der Waals surface area (Å²) in [5.74, 6) is -0.611. The monoisotopic (exact) mass is 288 g/mol. The average molecular weight is 288 g/mol. The second-order valence-electron chi connectivity index (χ2n) is 5.07. The fourth-order valence-electron chi connectivity index (χ4n) is 2.01. The number of carbonyl (C=O) groups is 2. The maximum Gasteiger partial charge on any atom is 0.246 e. The Morgan fingerprint density at radius 1 is 1.14 bits per heavy atom.